The molecule has 3 aromatic carbocycles. The van der Waals surface area contributed by atoms with Crippen molar-refractivity contribution >= 4 is 29.0 Å². The van der Waals surface area contributed by atoms with Crippen LogP contribution in [-0.4, -0.2) is 13.1 Å². The Kier molecular flexibility index (Phi) is 3.40. The van der Waals surface area contributed by atoms with Crippen LogP contribution in [0.5, 0.6) is 0 Å². The van der Waals surface area contributed by atoms with Gasteiger partial charge in [0.15, 0.2) is 0 Å². The Labute approximate surface area is 155 Å². The summed E-state index contributed by atoms with van der Waals surface area (Å²) in [6, 6.07) is 34.4. The van der Waals surface area contributed by atoms with Gasteiger partial charge in [-0.1, -0.05) is 84.9 Å². The van der Waals surface area contributed by atoms with E-state index >= 15 is 0 Å². The molecule has 26 heavy (non-hydrogen) atoms. The van der Waals surface area contributed by atoms with Crippen LogP contribution in [0.3, 0.4) is 0 Å². The van der Waals surface area contributed by atoms with E-state index in [1.807, 2.05) is 12.1 Å². The first-order valence-electron chi connectivity index (χ1n) is 8.80. The van der Waals surface area contributed by atoms with Crippen LogP contribution < -0.4 is 20.9 Å². The molecule has 1 aliphatic heterocycles. The average molecular weight is 347 g/mol. The maximum atomic E-state index is 6.11. The fraction of sp³-hybridized carbons (Fsp3) is 0. The lowest BCUT2D eigenvalue weighted by atomic mass is 10.1. The van der Waals surface area contributed by atoms with E-state index in [0.717, 1.165) is 5.32 Å². The molecule has 0 fully saturated rings. The molecule has 0 bridgehead atoms. The highest BCUT2D eigenvalue weighted by atomic mass is 28.3. The molecule has 2 heterocycles. The summed E-state index contributed by atoms with van der Waals surface area (Å²) < 4.78 is 0. The maximum absolute atomic E-state index is 6.11. The fourth-order valence-corrected chi connectivity index (χ4v) is 9.35. The Bertz CT molecular complexity index is 1060. The number of pyridine rings is 1. The lowest BCUT2D eigenvalue weighted by Gasteiger charge is -2.30. The molecule has 1 aliphatic rings. The number of hydrogen-bond donors (Lipinski definition) is 0. The van der Waals surface area contributed by atoms with Gasteiger partial charge < -0.3 is 0 Å². The van der Waals surface area contributed by atoms with Crippen molar-refractivity contribution in [3.63, 3.8) is 0 Å². The molecule has 2 heteroatoms. The number of rotatable bonds is 2. The summed E-state index contributed by atoms with van der Waals surface area (Å²) in [7, 11) is -2.45. The highest BCUT2D eigenvalue weighted by Crippen LogP contribution is 2.27. The van der Waals surface area contributed by atoms with Crippen LogP contribution in [0.1, 0.15) is 5.69 Å². The zero-order chi connectivity index (χ0) is 17.6. The predicted molar refractivity (Wildman–Crippen MR) is 110 cm³/mol. The van der Waals surface area contributed by atoms with E-state index in [0.29, 0.717) is 5.69 Å². The minimum absolute atomic E-state index is 0.576. The molecule has 5 rings (SSSR count). The van der Waals surface area contributed by atoms with Crippen molar-refractivity contribution in [1.82, 2.24) is 4.98 Å². The Morgan fingerprint density at radius 1 is 0.577 bits per heavy atom. The van der Waals surface area contributed by atoms with E-state index < -0.39 is 8.07 Å². The van der Waals surface area contributed by atoms with E-state index in [9.17, 15) is 0 Å². The zero-order valence-electron chi connectivity index (χ0n) is 14.3. The van der Waals surface area contributed by atoms with Gasteiger partial charge in [-0.15, -0.1) is 0 Å². The Morgan fingerprint density at radius 3 is 1.77 bits per heavy atom. The van der Waals surface area contributed by atoms with Crippen molar-refractivity contribution in [2.24, 2.45) is 0 Å². The molecule has 0 atom stereocenters. The molecule has 0 spiro atoms. The smallest absolute Gasteiger partial charge is 0.203 e. The molecule has 0 saturated heterocycles. The van der Waals surface area contributed by atoms with E-state index in [1.165, 1.54) is 26.7 Å². The van der Waals surface area contributed by atoms with E-state index in [4.69, 9.17) is 11.9 Å². The highest BCUT2D eigenvalue weighted by molar-refractivity contribution is 7.21. The minimum atomic E-state index is -2.45. The van der Waals surface area contributed by atoms with Crippen LogP contribution >= 0.6 is 0 Å². The van der Waals surface area contributed by atoms with Crippen molar-refractivity contribution in [1.29, 1.82) is 0 Å². The molecule has 4 aromatic rings. The molecule has 0 unspecified atom stereocenters. The highest BCUT2D eigenvalue weighted by Gasteiger charge is 2.49. The van der Waals surface area contributed by atoms with E-state index in [2.05, 4.69) is 84.9 Å². The predicted octanol–water partition coefficient (Wildman–Crippen LogP) is 2.50. The monoisotopic (exact) mass is 347 g/mol. The van der Waals surface area contributed by atoms with Crippen molar-refractivity contribution in [3.8, 4) is 11.1 Å². The zero-order valence-corrected chi connectivity index (χ0v) is 15.3. The van der Waals surface area contributed by atoms with Crippen LogP contribution in [0, 0.1) is 6.92 Å². The lowest BCUT2D eigenvalue weighted by molar-refractivity contribution is 1.31. The standard InChI is InChI=1S/C24H17NSi/c1-18-10-9-17-24(25-18)26(19-11-3-2-4-12-19)22-15-7-5-13-20(22)21-14-6-8-16-23(21)26/h1-17H. The van der Waals surface area contributed by atoms with Crippen LogP contribution in [0.2, 0.25) is 0 Å². The third kappa shape index (κ3) is 1.99. The summed E-state index contributed by atoms with van der Waals surface area (Å²) in [5.41, 5.74) is 3.22. The second kappa shape index (κ2) is 5.79. The first-order valence-corrected chi connectivity index (χ1v) is 10.8. The minimum Gasteiger partial charge on any atom is -0.261 e. The summed E-state index contributed by atoms with van der Waals surface area (Å²) in [5, 5.41) is 5.23. The summed E-state index contributed by atoms with van der Waals surface area (Å²) >= 11 is 0. The van der Waals surface area contributed by atoms with Gasteiger partial charge in [0, 0.05) is 17.9 Å². The van der Waals surface area contributed by atoms with Gasteiger partial charge in [0.05, 0.1) is 0 Å². The van der Waals surface area contributed by atoms with Gasteiger partial charge >= 0.3 is 0 Å². The van der Waals surface area contributed by atoms with Crippen molar-refractivity contribution in [2.75, 3.05) is 0 Å². The quantitative estimate of drug-likeness (QED) is 0.447. The average Bonchev–Trinajstić information content (AvgIpc) is 3.00. The van der Waals surface area contributed by atoms with Crippen molar-refractivity contribution in [2.45, 2.75) is 0 Å². The van der Waals surface area contributed by atoms with Crippen LogP contribution in [0.25, 0.3) is 11.1 Å². The third-order valence-electron chi connectivity index (χ3n) is 5.31. The molecule has 1 aromatic heterocycles. The molecule has 0 N–H and O–H groups in total. The van der Waals surface area contributed by atoms with Crippen LogP contribution in [0.4, 0.5) is 0 Å². The molecule has 0 aliphatic carbocycles. The SMILES string of the molecule is [CH]c1cccc([Si]2(c3ccccc3)c3ccccc3-c3ccccc32)n1. The lowest BCUT2D eigenvalue weighted by Crippen LogP contribution is -2.73. The first kappa shape index (κ1) is 15.3. The van der Waals surface area contributed by atoms with Gasteiger partial charge in [-0.05, 0) is 38.8 Å². The second-order valence-electron chi connectivity index (χ2n) is 6.65. The van der Waals surface area contributed by atoms with E-state index in [1.54, 1.807) is 0 Å². The van der Waals surface area contributed by atoms with Gasteiger partial charge in [-0.25, -0.2) is 0 Å². The van der Waals surface area contributed by atoms with Crippen LogP contribution in [-0.2, 0) is 0 Å². The second-order valence-corrected chi connectivity index (χ2v) is 10.3. The Morgan fingerprint density at radius 2 is 1.15 bits per heavy atom. The first-order chi connectivity index (χ1) is 12.8. The van der Waals surface area contributed by atoms with Gasteiger partial charge in [0.25, 0.3) is 0 Å². The fourth-order valence-electron chi connectivity index (χ4n) is 4.32. The molecule has 2 radical (unpaired) electrons. The Balaban J connectivity index is 1.98. The summed E-state index contributed by atoms with van der Waals surface area (Å²) in [6.07, 6.45) is 0. The molecule has 0 saturated carbocycles. The molecular formula is C24H17NSi. The van der Waals surface area contributed by atoms with Gasteiger partial charge in [-0.3, -0.25) is 4.98 Å². The third-order valence-corrected chi connectivity index (χ3v) is 10.0. The van der Waals surface area contributed by atoms with Gasteiger partial charge in [-0.2, -0.15) is 0 Å². The molecule has 122 valence electrons. The van der Waals surface area contributed by atoms with Crippen LogP contribution in [0.15, 0.2) is 97.1 Å². The Hall–Kier alpha value is -2.97. The van der Waals surface area contributed by atoms with Crippen molar-refractivity contribution < 1.29 is 0 Å². The topological polar surface area (TPSA) is 12.9 Å². The number of hydrogen-bond acceptors (Lipinski definition) is 1. The van der Waals surface area contributed by atoms with Crippen molar-refractivity contribution in [3.05, 3.63) is 110 Å². The van der Waals surface area contributed by atoms with E-state index in [-0.39, 0.29) is 0 Å². The summed E-state index contributed by atoms with van der Waals surface area (Å²) in [4.78, 5) is 4.84. The normalized spacial score (nSPS) is 13.9. The summed E-state index contributed by atoms with van der Waals surface area (Å²) in [6.45, 7) is 6.11. The molecular weight excluding hydrogens is 330 g/mol. The largest absolute Gasteiger partial charge is 0.261 e. The number of nitrogens with zero attached hydrogens (tertiary/aromatic N) is 1. The van der Waals surface area contributed by atoms with Gasteiger partial charge in [0.2, 0.25) is 8.07 Å². The number of fused-ring (bicyclic) bond motifs is 3. The number of aromatic nitrogens is 1. The summed E-state index contributed by atoms with van der Waals surface area (Å²) in [5.74, 6) is 0. The maximum Gasteiger partial charge on any atom is 0.203 e. The molecule has 1 nitrogen and oxygen atoms in total. The van der Waals surface area contributed by atoms with Gasteiger partial charge in [0.1, 0.15) is 0 Å². The number of benzene rings is 3. The molecule has 0 amide bonds.